The van der Waals surface area contributed by atoms with Gasteiger partial charge in [0, 0.05) is 24.6 Å². The molecule has 3 N–H and O–H groups in total. The topological polar surface area (TPSA) is 81.8 Å². The second-order valence-corrected chi connectivity index (χ2v) is 5.68. The van der Waals surface area contributed by atoms with Crippen molar-refractivity contribution in [3.63, 3.8) is 0 Å². The van der Waals surface area contributed by atoms with E-state index in [9.17, 15) is 9.90 Å². The molecule has 1 saturated heterocycles. The van der Waals surface area contributed by atoms with Crippen LogP contribution in [0.4, 0.5) is 5.69 Å². The average Bonchev–Trinajstić information content (AvgIpc) is 2.37. The summed E-state index contributed by atoms with van der Waals surface area (Å²) in [6.07, 6.45) is 4.98. The number of hydrogen-bond donors (Lipinski definition) is 2. The number of nitrogens with two attached hydrogens (primary N) is 1. The summed E-state index contributed by atoms with van der Waals surface area (Å²) >= 11 is 0. The van der Waals surface area contributed by atoms with E-state index in [1.54, 1.807) is 12.1 Å². The number of carboxylic acids is 1. The molecular weight excluding hydrogens is 258 g/mol. The van der Waals surface area contributed by atoms with Crippen LogP contribution in [0.25, 0.3) is 0 Å². The summed E-state index contributed by atoms with van der Waals surface area (Å²) in [5.74, 6) is -0.635. The smallest absolute Gasteiger partial charge is 0.339 e. The lowest BCUT2D eigenvalue weighted by Crippen LogP contribution is -2.48. The van der Waals surface area contributed by atoms with Crippen LogP contribution in [0.2, 0.25) is 0 Å². The van der Waals surface area contributed by atoms with Gasteiger partial charge in [0.1, 0.15) is 17.4 Å². The zero-order chi connectivity index (χ0) is 14.2. The zero-order valence-corrected chi connectivity index (χ0v) is 11.3. The Kier molecular flexibility index (Phi) is 3.30. The first kappa shape index (κ1) is 13.2. The number of benzene rings is 1. The van der Waals surface area contributed by atoms with E-state index in [0.29, 0.717) is 18.0 Å². The van der Waals surface area contributed by atoms with Crippen molar-refractivity contribution >= 4 is 11.7 Å². The molecule has 1 unspecified atom stereocenters. The lowest BCUT2D eigenvalue weighted by molar-refractivity contribution is -0.153. The molecule has 0 bridgehead atoms. The van der Waals surface area contributed by atoms with E-state index in [0.717, 1.165) is 25.7 Å². The van der Waals surface area contributed by atoms with Crippen LogP contribution >= 0.6 is 0 Å². The Morgan fingerprint density at radius 3 is 2.90 bits per heavy atom. The van der Waals surface area contributed by atoms with Crippen molar-refractivity contribution in [2.24, 2.45) is 0 Å². The van der Waals surface area contributed by atoms with Crippen LogP contribution in [0.15, 0.2) is 18.2 Å². The highest BCUT2D eigenvalue weighted by Gasteiger charge is 2.43. The first-order valence-electron chi connectivity index (χ1n) is 7.01. The summed E-state index contributed by atoms with van der Waals surface area (Å²) in [6, 6.07) is 4.66. The first-order valence-corrected chi connectivity index (χ1v) is 7.01. The van der Waals surface area contributed by atoms with Crippen molar-refractivity contribution in [2.45, 2.75) is 43.8 Å². The normalized spacial score (nSPS) is 24.1. The van der Waals surface area contributed by atoms with Crippen molar-refractivity contribution in [2.75, 3.05) is 12.3 Å². The molecule has 1 spiro atoms. The molecule has 2 aliphatic rings. The number of anilines is 1. The quantitative estimate of drug-likeness (QED) is 0.829. The van der Waals surface area contributed by atoms with Gasteiger partial charge >= 0.3 is 5.97 Å². The van der Waals surface area contributed by atoms with Gasteiger partial charge in [-0.3, -0.25) is 0 Å². The van der Waals surface area contributed by atoms with E-state index in [4.69, 9.17) is 15.2 Å². The third-order valence-corrected chi connectivity index (χ3v) is 4.24. The summed E-state index contributed by atoms with van der Waals surface area (Å²) < 4.78 is 11.8. The van der Waals surface area contributed by atoms with Crippen LogP contribution in [-0.4, -0.2) is 29.4 Å². The monoisotopic (exact) mass is 277 g/mol. The molecule has 108 valence electrons. The van der Waals surface area contributed by atoms with Crippen molar-refractivity contribution in [1.82, 2.24) is 0 Å². The summed E-state index contributed by atoms with van der Waals surface area (Å²) in [5.41, 5.74) is 6.37. The molecule has 1 aromatic carbocycles. The van der Waals surface area contributed by atoms with Gasteiger partial charge in [0.05, 0.1) is 12.2 Å². The minimum absolute atomic E-state index is 0.00366. The number of nitrogen functional groups attached to an aromatic ring is 1. The minimum Gasteiger partial charge on any atom is -0.489 e. The van der Waals surface area contributed by atoms with Crippen LogP contribution in [0.1, 0.15) is 42.5 Å². The largest absolute Gasteiger partial charge is 0.489 e. The first-order chi connectivity index (χ1) is 9.58. The number of carboxylic acid groups (broad SMARTS) is 1. The van der Waals surface area contributed by atoms with Gasteiger partial charge in [0.25, 0.3) is 0 Å². The molecule has 1 aromatic rings. The van der Waals surface area contributed by atoms with Crippen LogP contribution < -0.4 is 10.5 Å². The third kappa shape index (κ3) is 2.45. The van der Waals surface area contributed by atoms with E-state index < -0.39 is 5.97 Å². The number of ether oxygens (including phenoxy) is 2. The lowest BCUT2D eigenvalue weighted by Gasteiger charge is -2.46. The van der Waals surface area contributed by atoms with E-state index in [1.807, 2.05) is 0 Å². The van der Waals surface area contributed by atoms with Gasteiger partial charge in [0.15, 0.2) is 0 Å². The Morgan fingerprint density at radius 1 is 1.45 bits per heavy atom. The molecule has 1 aliphatic carbocycles. The zero-order valence-electron chi connectivity index (χ0n) is 11.3. The fourth-order valence-corrected chi connectivity index (χ4v) is 3.00. The average molecular weight is 277 g/mol. The van der Waals surface area contributed by atoms with Crippen LogP contribution in [-0.2, 0) is 4.74 Å². The highest BCUT2D eigenvalue weighted by molar-refractivity contribution is 5.91. The van der Waals surface area contributed by atoms with Crippen molar-refractivity contribution < 1.29 is 19.4 Å². The van der Waals surface area contributed by atoms with Gasteiger partial charge in [-0.25, -0.2) is 4.79 Å². The fourth-order valence-electron chi connectivity index (χ4n) is 3.00. The van der Waals surface area contributed by atoms with Gasteiger partial charge in [0.2, 0.25) is 0 Å². The summed E-state index contributed by atoms with van der Waals surface area (Å²) in [4.78, 5) is 11.2. The number of aromatic carboxylic acids is 1. The summed E-state index contributed by atoms with van der Waals surface area (Å²) in [7, 11) is 0. The van der Waals surface area contributed by atoms with Gasteiger partial charge in [-0.2, -0.15) is 0 Å². The van der Waals surface area contributed by atoms with Crippen molar-refractivity contribution in [1.29, 1.82) is 0 Å². The minimum atomic E-state index is -0.995. The van der Waals surface area contributed by atoms with Crippen LogP contribution in [0, 0.1) is 0 Å². The summed E-state index contributed by atoms with van der Waals surface area (Å²) in [5, 5.41) is 9.20. The molecule has 2 fully saturated rings. The highest BCUT2D eigenvalue weighted by atomic mass is 16.5. The second-order valence-electron chi connectivity index (χ2n) is 5.68. The van der Waals surface area contributed by atoms with Gasteiger partial charge in [-0.1, -0.05) is 0 Å². The number of rotatable bonds is 3. The van der Waals surface area contributed by atoms with Gasteiger partial charge in [-0.15, -0.1) is 0 Å². The van der Waals surface area contributed by atoms with Gasteiger partial charge < -0.3 is 20.3 Å². The van der Waals surface area contributed by atoms with E-state index in [-0.39, 0.29) is 17.3 Å². The molecule has 5 nitrogen and oxygen atoms in total. The maximum Gasteiger partial charge on any atom is 0.339 e. The molecule has 0 amide bonds. The predicted molar refractivity (Wildman–Crippen MR) is 74.0 cm³/mol. The number of carbonyl (C=O) groups is 1. The molecule has 1 saturated carbocycles. The van der Waals surface area contributed by atoms with Crippen molar-refractivity contribution in [3.05, 3.63) is 23.8 Å². The molecule has 20 heavy (non-hydrogen) atoms. The lowest BCUT2D eigenvalue weighted by atomic mass is 9.74. The maximum atomic E-state index is 11.2. The molecule has 0 radical (unpaired) electrons. The molecule has 1 aliphatic heterocycles. The maximum absolute atomic E-state index is 11.2. The molecular formula is C15H19NO4. The molecule has 0 aromatic heterocycles. The third-order valence-electron chi connectivity index (χ3n) is 4.24. The second kappa shape index (κ2) is 4.98. The Labute approximate surface area is 117 Å². The number of hydrogen-bond acceptors (Lipinski definition) is 4. The Balaban J connectivity index is 1.76. The fraction of sp³-hybridized carbons (Fsp3) is 0.533. The van der Waals surface area contributed by atoms with E-state index >= 15 is 0 Å². The van der Waals surface area contributed by atoms with Crippen LogP contribution in [0.5, 0.6) is 5.75 Å². The standard InChI is InChI=1S/C15H19NO4/c16-10-2-3-12(14(17)18)13(8-10)20-11-4-7-19-15(9-11)5-1-6-15/h2-3,8,11H,1,4-7,9,16H2,(H,17,18). The molecule has 3 rings (SSSR count). The van der Waals surface area contributed by atoms with Gasteiger partial charge in [-0.05, 0) is 31.4 Å². The van der Waals surface area contributed by atoms with E-state index in [1.165, 1.54) is 12.5 Å². The highest BCUT2D eigenvalue weighted by Crippen LogP contribution is 2.43. The summed E-state index contributed by atoms with van der Waals surface area (Å²) in [6.45, 7) is 0.676. The Morgan fingerprint density at radius 2 is 2.25 bits per heavy atom. The molecule has 5 heteroatoms. The van der Waals surface area contributed by atoms with Crippen molar-refractivity contribution in [3.8, 4) is 5.75 Å². The Hall–Kier alpha value is -1.75. The van der Waals surface area contributed by atoms with E-state index in [2.05, 4.69) is 0 Å². The molecule has 1 heterocycles. The SMILES string of the molecule is Nc1ccc(C(=O)O)c(OC2CCOC3(CCC3)C2)c1. The predicted octanol–water partition coefficient (Wildman–Crippen LogP) is 2.45. The van der Waals surface area contributed by atoms with Crippen LogP contribution in [0.3, 0.4) is 0 Å². The Bertz CT molecular complexity index is 525. The molecule has 1 atom stereocenters.